The molecule has 0 radical (unpaired) electrons. The van der Waals surface area contributed by atoms with Crippen LogP contribution in [0, 0.1) is 13.8 Å². The van der Waals surface area contributed by atoms with Gasteiger partial charge in [-0.25, -0.2) is 13.4 Å². The first-order valence-electron chi connectivity index (χ1n) is 10.3. The van der Waals surface area contributed by atoms with Crippen molar-refractivity contribution in [1.29, 1.82) is 0 Å². The van der Waals surface area contributed by atoms with Gasteiger partial charge in [0.15, 0.2) is 0 Å². The Bertz CT molecular complexity index is 1200. The summed E-state index contributed by atoms with van der Waals surface area (Å²) < 4.78 is 27.4. The fourth-order valence-electron chi connectivity index (χ4n) is 3.26. The van der Waals surface area contributed by atoms with Crippen molar-refractivity contribution in [2.24, 2.45) is 0 Å². The topological polar surface area (TPSA) is 79.4 Å². The van der Waals surface area contributed by atoms with E-state index < -0.39 is 10.0 Å². The maximum atomic E-state index is 13.0. The van der Waals surface area contributed by atoms with Gasteiger partial charge < -0.3 is 5.32 Å². The smallest absolute Gasteiger partial charge is 0.256 e. The highest BCUT2D eigenvalue weighted by Gasteiger charge is 2.24. The first-order chi connectivity index (χ1) is 15.3. The van der Waals surface area contributed by atoms with Gasteiger partial charge in [0.1, 0.15) is 0 Å². The molecule has 170 valence electrons. The lowest BCUT2D eigenvalue weighted by molar-refractivity contribution is 0.102. The molecule has 0 aliphatic heterocycles. The molecule has 0 saturated heterocycles. The molecule has 3 rings (SSSR count). The standard InChI is InChI=1S/C23H27N3O3S3/c1-5-26(6-2)32(28,29)22-13-18(12-11-16(22)3)25-23(27)20-9-7-8-10-21(20)31-15-19-14-30-17(4)24-19/h7-14H,5-6,15H2,1-4H3,(H,25,27). The summed E-state index contributed by atoms with van der Waals surface area (Å²) in [4.78, 5) is 18.6. The lowest BCUT2D eigenvalue weighted by Crippen LogP contribution is -2.31. The average Bonchev–Trinajstić information content (AvgIpc) is 3.19. The minimum atomic E-state index is -3.63. The van der Waals surface area contributed by atoms with E-state index in [2.05, 4.69) is 10.3 Å². The van der Waals surface area contributed by atoms with Crippen molar-refractivity contribution < 1.29 is 13.2 Å². The number of amides is 1. The van der Waals surface area contributed by atoms with Crippen molar-refractivity contribution in [1.82, 2.24) is 9.29 Å². The van der Waals surface area contributed by atoms with Gasteiger partial charge in [-0.1, -0.05) is 32.0 Å². The molecule has 9 heteroatoms. The van der Waals surface area contributed by atoms with Crippen molar-refractivity contribution in [3.05, 3.63) is 69.7 Å². The predicted molar refractivity (Wildman–Crippen MR) is 132 cm³/mol. The lowest BCUT2D eigenvalue weighted by atomic mass is 10.2. The fourth-order valence-corrected chi connectivity index (χ4v) is 6.63. The Morgan fingerprint density at radius 2 is 1.84 bits per heavy atom. The van der Waals surface area contributed by atoms with Crippen molar-refractivity contribution in [3.63, 3.8) is 0 Å². The molecular weight excluding hydrogens is 462 g/mol. The van der Waals surface area contributed by atoms with Gasteiger partial charge in [-0.15, -0.1) is 23.1 Å². The highest BCUT2D eigenvalue weighted by molar-refractivity contribution is 7.98. The molecular formula is C23H27N3O3S3. The maximum Gasteiger partial charge on any atom is 0.256 e. The number of aromatic nitrogens is 1. The van der Waals surface area contributed by atoms with Crippen molar-refractivity contribution in [2.45, 2.75) is 43.2 Å². The molecule has 6 nitrogen and oxygen atoms in total. The molecule has 0 unspecified atom stereocenters. The zero-order valence-electron chi connectivity index (χ0n) is 18.6. The molecule has 0 spiro atoms. The number of thiazole rings is 1. The summed E-state index contributed by atoms with van der Waals surface area (Å²) in [6.07, 6.45) is 0. The molecule has 1 aromatic heterocycles. The molecule has 0 aliphatic carbocycles. The summed E-state index contributed by atoms with van der Waals surface area (Å²) >= 11 is 3.16. The zero-order valence-corrected chi connectivity index (χ0v) is 21.0. The third-order valence-corrected chi connectivity index (χ3v) is 9.06. The number of rotatable bonds is 9. The van der Waals surface area contributed by atoms with E-state index in [0.717, 1.165) is 15.6 Å². The SMILES string of the molecule is CCN(CC)S(=O)(=O)c1cc(NC(=O)c2ccccc2SCc2csc(C)n2)ccc1C. The van der Waals surface area contributed by atoms with E-state index in [9.17, 15) is 13.2 Å². The maximum absolute atomic E-state index is 13.0. The fraction of sp³-hybridized carbons (Fsp3) is 0.304. The number of nitrogens with zero attached hydrogens (tertiary/aromatic N) is 2. The van der Waals surface area contributed by atoms with Crippen LogP contribution in [0.15, 0.2) is 57.6 Å². The number of carbonyl (C=O) groups excluding carboxylic acids is 1. The van der Waals surface area contributed by atoms with Crippen LogP contribution < -0.4 is 5.32 Å². The van der Waals surface area contributed by atoms with Crippen molar-refractivity contribution in [2.75, 3.05) is 18.4 Å². The minimum Gasteiger partial charge on any atom is -0.322 e. The predicted octanol–water partition coefficient (Wildman–Crippen LogP) is 5.34. The molecule has 0 bridgehead atoms. The van der Waals surface area contributed by atoms with E-state index in [1.165, 1.54) is 10.4 Å². The second kappa shape index (κ2) is 10.6. The number of sulfonamides is 1. The number of hydrogen-bond acceptors (Lipinski definition) is 6. The minimum absolute atomic E-state index is 0.209. The third-order valence-electron chi connectivity index (χ3n) is 4.94. The van der Waals surface area contributed by atoms with Crippen LogP contribution in [0.2, 0.25) is 0 Å². The summed E-state index contributed by atoms with van der Waals surface area (Å²) in [5.74, 6) is 0.392. The van der Waals surface area contributed by atoms with Gasteiger partial charge in [-0.2, -0.15) is 4.31 Å². The van der Waals surface area contributed by atoms with Crippen LogP contribution in [0.3, 0.4) is 0 Å². The molecule has 0 fully saturated rings. The summed E-state index contributed by atoms with van der Waals surface area (Å²) in [6, 6.07) is 12.4. The number of hydrogen-bond donors (Lipinski definition) is 1. The van der Waals surface area contributed by atoms with E-state index in [1.54, 1.807) is 48.2 Å². The number of carbonyl (C=O) groups is 1. The first kappa shape index (κ1) is 24.4. The monoisotopic (exact) mass is 489 g/mol. The third kappa shape index (κ3) is 5.58. The second-order valence-electron chi connectivity index (χ2n) is 7.17. The average molecular weight is 490 g/mol. The summed E-state index contributed by atoms with van der Waals surface area (Å²) in [6.45, 7) is 8.12. The van der Waals surface area contributed by atoms with Gasteiger partial charge in [0.05, 0.1) is 21.2 Å². The van der Waals surface area contributed by atoms with Crippen molar-refractivity contribution >= 4 is 44.7 Å². The van der Waals surface area contributed by atoms with Gasteiger partial charge in [0.2, 0.25) is 10.0 Å². The van der Waals surface area contributed by atoms with Crippen LogP contribution in [0.1, 0.15) is 40.5 Å². The molecule has 1 N–H and O–H groups in total. The zero-order chi connectivity index (χ0) is 23.3. The van der Waals surface area contributed by atoms with Crippen molar-refractivity contribution in [3.8, 4) is 0 Å². The Balaban J connectivity index is 1.82. The molecule has 1 heterocycles. The molecule has 1 amide bonds. The molecule has 0 aliphatic rings. The Morgan fingerprint density at radius 1 is 1.12 bits per heavy atom. The number of anilines is 1. The molecule has 0 saturated carbocycles. The van der Waals surface area contributed by atoms with E-state index >= 15 is 0 Å². The Labute approximate surface area is 198 Å². The van der Waals surface area contributed by atoms with Crippen LogP contribution in [-0.4, -0.2) is 36.7 Å². The highest BCUT2D eigenvalue weighted by Crippen LogP contribution is 2.28. The van der Waals surface area contributed by atoms with Crippen LogP contribution >= 0.6 is 23.1 Å². The molecule has 3 aromatic rings. The quantitative estimate of drug-likeness (QED) is 0.411. The van der Waals surface area contributed by atoms with Crippen LogP contribution in [0.5, 0.6) is 0 Å². The lowest BCUT2D eigenvalue weighted by Gasteiger charge is -2.20. The van der Waals surface area contributed by atoms with E-state index in [0.29, 0.717) is 35.7 Å². The van der Waals surface area contributed by atoms with Crippen LogP contribution in [0.4, 0.5) is 5.69 Å². The van der Waals surface area contributed by atoms with E-state index in [4.69, 9.17) is 0 Å². The summed E-state index contributed by atoms with van der Waals surface area (Å²) in [5, 5.41) is 5.91. The molecule has 32 heavy (non-hydrogen) atoms. The second-order valence-corrected chi connectivity index (χ2v) is 11.2. The Hall–Kier alpha value is -2.20. The number of nitrogens with one attached hydrogen (secondary N) is 1. The number of thioether (sulfide) groups is 1. The molecule has 2 aromatic carbocycles. The van der Waals surface area contributed by atoms with Gasteiger partial charge >= 0.3 is 0 Å². The normalized spacial score (nSPS) is 11.7. The summed E-state index contributed by atoms with van der Waals surface area (Å²) in [7, 11) is -3.63. The molecule has 0 atom stereocenters. The summed E-state index contributed by atoms with van der Waals surface area (Å²) in [5.41, 5.74) is 2.61. The number of aryl methyl sites for hydroxylation is 2. The van der Waals surface area contributed by atoms with Gasteiger partial charge in [-0.3, -0.25) is 4.79 Å². The largest absolute Gasteiger partial charge is 0.322 e. The van der Waals surface area contributed by atoms with Gasteiger partial charge in [0, 0.05) is 34.8 Å². The van der Waals surface area contributed by atoms with Crippen LogP contribution in [0.25, 0.3) is 0 Å². The van der Waals surface area contributed by atoms with E-state index in [1.807, 2.05) is 44.4 Å². The Morgan fingerprint density at radius 3 is 2.50 bits per heavy atom. The first-order valence-corrected chi connectivity index (χ1v) is 13.6. The van der Waals surface area contributed by atoms with Gasteiger partial charge in [0.25, 0.3) is 5.91 Å². The van der Waals surface area contributed by atoms with Gasteiger partial charge in [-0.05, 0) is 43.7 Å². The van der Waals surface area contributed by atoms with Crippen LogP contribution in [-0.2, 0) is 15.8 Å². The number of benzene rings is 2. The highest BCUT2D eigenvalue weighted by atomic mass is 32.2. The Kier molecular flexibility index (Phi) is 8.10. The van der Waals surface area contributed by atoms with E-state index in [-0.39, 0.29) is 10.8 Å².